The maximum atomic E-state index is 10.9. The summed E-state index contributed by atoms with van der Waals surface area (Å²) in [6, 6.07) is 0. The van der Waals surface area contributed by atoms with Gasteiger partial charge in [0.15, 0.2) is 0 Å². The van der Waals surface area contributed by atoms with Gasteiger partial charge in [0.05, 0.1) is 5.56 Å². The molecule has 3 nitrogen and oxygen atoms in total. The van der Waals surface area contributed by atoms with Crippen molar-refractivity contribution in [2.24, 2.45) is 0 Å². The van der Waals surface area contributed by atoms with Crippen molar-refractivity contribution >= 4 is 37.8 Å². The van der Waals surface area contributed by atoms with Gasteiger partial charge in [0, 0.05) is 10.7 Å². The number of aromatic carboxylic acids is 1. The minimum absolute atomic E-state index is 0.233. The van der Waals surface area contributed by atoms with Gasteiger partial charge < -0.3 is 5.11 Å². The molecule has 0 atom stereocenters. The highest BCUT2D eigenvalue weighted by Crippen LogP contribution is 2.25. The van der Waals surface area contributed by atoms with E-state index in [1.54, 1.807) is 6.20 Å². The number of nitrogens with zero attached hydrogens (tertiary/aromatic N) is 1. The van der Waals surface area contributed by atoms with Crippen molar-refractivity contribution in [2.75, 3.05) is 0 Å². The second kappa shape index (κ2) is 4.19. The first-order valence-electron chi connectivity index (χ1n) is 3.64. The van der Waals surface area contributed by atoms with Crippen LogP contribution in [0.3, 0.4) is 0 Å². The quantitative estimate of drug-likeness (QED) is 0.855. The summed E-state index contributed by atoms with van der Waals surface area (Å²) in [7, 11) is 0. The van der Waals surface area contributed by atoms with Crippen LogP contribution in [0.15, 0.2) is 15.3 Å². The first-order valence-corrected chi connectivity index (χ1v) is 5.22. The fraction of sp³-hybridized carbons (Fsp3) is 0.250. The first-order chi connectivity index (χ1) is 6.07. The Morgan fingerprint density at radius 1 is 1.62 bits per heavy atom. The van der Waals surface area contributed by atoms with Crippen LogP contribution >= 0.6 is 31.9 Å². The largest absolute Gasteiger partial charge is 0.478 e. The minimum atomic E-state index is -0.961. The lowest BCUT2D eigenvalue weighted by molar-refractivity contribution is 0.0694. The standard InChI is InChI=1S/C8H7Br2NO2/c1-2-4-5(9)3-11-7(10)6(4)8(12)13/h3H,2H2,1H3,(H,12,13). The molecule has 0 aliphatic carbocycles. The molecule has 13 heavy (non-hydrogen) atoms. The third-order valence-electron chi connectivity index (χ3n) is 1.66. The molecule has 0 bridgehead atoms. The van der Waals surface area contributed by atoms with Crippen LogP contribution in [0, 0.1) is 0 Å². The molecule has 0 unspecified atom stereocenters. The molecular weight excluding hydrogens is 302 g/mol. The average Bonchev–Trinajstić information content (AvgIpc) is 2.07. The van der Waals surface area contributed by atoms with Crippen LogP contribution < -0.4 is 0 Å². The minimum Gasteiger partial charge on any atom is -0.478 e. The summed E-state index contributed by atoms with van der Waals surface area (Å²) in [6.45, 7) is 1.90. The van der Waals surface area contributed by atoms with Crippen LogP contribution in [0.4, 0.5) is 0 Å². The molecule has 0 radical (unpaired) electrons. The molecule has 1 N–H and O–H groups in total. The predicted molar refractivity (Wildman–Crippen MR) is 56.0 cm³/mol. The zero-order valence-electron chi connectivity index (χ0n) is 6.84. The Morgan fingerprint density at radius 2 is 2.23 bits per heavy atom. The normalized spacial score (nSPS) is 10.1. The Bertz CT molecular complexity index is 352. The van der Waals surface area contributed by atoms with Gasteiger partial charge in [-0.15, -0.1) is 0 Å². The number of carboxylic acid groups (broad SMARTS) is 1. The molecule has 0 aromatic carbocycles. The Morgan fingerprint density at radius 3 is 2.62 bits per heavy atom. The average molecular weight is 309 g/mol. The number of rotatable bonds is 2. The topological polar surface area (TPSA) is 50.2 Å². The SMILES string of the molecule is CCc1c(Br)cnc(Br)c1C(=O)O. The number of carbonyl (C=O) groups is 1. The Labute approximate surface area is 92.4 Å². The van der Waals surface area contributed by atoms with Crippen LogP contribution in [-0.4, -0.2) is 16.1 Å². The van der Waals surface area contributed by atoms with Crippen molar-refractivity contribution in [3.63, 3.8) is 0 Å². The highest BCUT2D eigenvalue weighted by atomic mass is 79.9. The molecule has 0 aliphatic heterocycles. The predicted octanol–water partition coefficient (Wildman–Crippen LogP) is 2.87. The molecule has 1 rings (SSSR count). The molecule has 1 heterocycles. The van der Waals surface area contributed by atoms with Crippen molar-refractivity contribution in [3.05, 3.63) is 26.4 Å². The smallest absolute Gasteiger partial charge is 0.338 e. The van der Waals surface area contributed by atoms with E-state index in [1.807, 2.05) is 6.92 Å². The molecule has 0 fully saturated rings. The number of halogens is 2. The van der Waals surface area contributed by atoms with Crippen molar-refractivity contribution in [1.82, 2.24) is 4.98 Å². The lowest BCUT2D eigenvalue weighted by atomic mass is 10.1. The van der Waals surface area contributed by atoms with E-state index in [-0.39, 0.29) is 5.56 Å². The fourth-order valence-electron chi connectivity index (χ4n) is 1.06. The zero-order valence-corrected chi connectivity index (χ0v) is 10.0. The van der Waals surface area contributed by atoms with Crippen LogP contribution in [0.5, 0.6) is 0 Å². The molecule has 0 saturated carbocycles. The molecule has 1 aromatic rings. The lowest BCUT2D eigenvalue weighted by Crippen LogP contribution is -2.05. The number of hydrogen-bond donors (Lipinski definition) is 1. The van der Waals surface area contributed by atoms with Gasteiger partial charge in [-0.05, 0) is 43.8 Å². The molecule has 0 saturated heterocycles. The van der Waals surface area contributed by atoms with Gasteiger partial charge in [0.1, 0.15) is 4.60 Å². The monoisotopic (exact) mass is 307 g/mol. The van der Waals surface area contributed by atoms with Crippen molar-refractivity contribution in [2.45, 2.75) is 13.3 Å². The van der Waals surface area contributed by atoms with Crippen LogP contribution in [0.1, 0.15) is 22.8 Å². The van der Waals surface area contributed by atoms with Crippen LogP contribution in [0.2, 0.25) is 0 Å². The summed E-state index contributed by atoms with van der Waals surface area (Å²) in [5.74, 6) is -0.961. The van der Waals surface area contributed by atoms with Crippen LogP contribution in [0.25, 0.3) is 0 Å². The van der Waals surface area contributed by atoms with Crippen LogP contribution in [-0.2, 0) is 6.42 Å². The van der Waals surface area contributed by atoms with Crippen molar-refractivity contribution in [3.8, 4) is 0 Å². The van der Waals surface area contributed by atoms with E-state index in [2.05, 4.69) is 36.8 Å². The maximum Gasteiger partial charge on any atom is 0.338 e. The molecule has 0 spiro atoms. The van der Waals surface area contributed by atoms with Gasteiger partial charge in [-0.25, -0.2) is 9.78 Å². The fourth-order valence-corrected chi connectivity index (χ4v) is 2.15. The van der Waals surface area contributed by atoms with Gasteiger partial charge in [0.2, 0.25) is 0 Å². The number of carboxylic acids is 1. The summed E-state index contributed by atoms with van der Waals surface area (Å²) >= 11 is 6.37. The van der Waals surface area contributed by atoms with E-state index in [9.17, 15) is 4.79 Å². The third kappa shape index (κ3) is 2.08. The summed E-state index contributed by atoms with van der Waals surface area (Å²) in [4.78, 5) is 14.8. The van der Waals surface area contributed by atoms with E-state index in [4.69, 9.17) is 5.11 Å². The van der Waals surface area contributed by atoms with Gasteiger partial charge >= 0.3 is 5.97 Å². The van der Waals surface area contributed by atoms with E-state index >= 15 is 0 Å². The highest BCUT2D eigenvalue weighted by Gasteiger charge is 2.16. The second-order valence-corrected chi connectivity index (χ2v) is 4.01. The zero-order chi connectivity index (χ0) is 10.0. The Kier molecular flexibility index (Phi) is 3.44. The summed E-state index contributed by atoms with van der Waals surface area (Å²) in [5, 5.41) is 8.91. The first kappa shape index (κ1) is 10.7. The van der Waals surface area contributed by atoms with E-state index in [0.29, 0.717) is 11.0 Å². The van der Waals surface area contributed by atoms with Gasteiger partial charge in [-0.1, -0.05) is 6.92 Å². The van der Waals surface area contributed by atoms with E-state index < -0.39 is 5.97 Å². The highest BCUT2D eigenvalue weighted by molar-refractivity contribution is 9.11. The number of hydrogen-bond acceptors (Lipinski definition) is 2. The molecule has 70 valence electrons. The van der Waals surface area contributed by atoms with Gasteiger partial charge in [-0.3, -0.25) is 0 Å². The maximum absolute atomic E-state index is 10.9. The summed E-state index contributed by atoms with van der Waals surface area (Å²) < 4.78 is 1.11. The molecule has 5 heteroatoms. The van der Waals surface area contributed by atoms with E-state index in [0.717, 1.165) is 10.0 Å². The molecule has 1 aromatic heterocycles. The molecule has 0 amide bonds. The van der Waals surface area contributed by atoms with E-state index in [1.165, 1.54) is 0 Å². The molecular formula is C8H7Br2NO2. The summed E-state index contributed by atoms with van der Waals surface area (Å²) in [6.07, 6.45) is 2.25. The number of aromatic nitrogens is 1. The van der Waals surface area contributed by atoms with Crippen molar-refractivity contribution < 1.29 is 9.90 Å². The third-order valence-corrected chi connectivity index (χ3v) is 2.94. The van der Waals surface area contributed by atoms with Gasteiger partial charge in [-0.2, -0.15) is 0 Å². The molecule has 0 aliphatic rings. The van der Waals surface area contributed by atoms with Crippen molar-refractivity contribution in [1.29, 1.82) is 0 Å². The number of pyridine rings is 1. The lowest BCUT2D eigenvalue weighted by Gasteiger charge is -2.06. The summed E-state index contributed by atoms with van der Waals surface area (Å²) in [5.41, 5.74) is 0.992. The Balaban J connectivity index is 3.43. The second-order valence-electron chi connectivity index (χ2n) is 2.41. The Hall–Kier alpha value is -0.420. The van der Waals surface area contributed by atoms with Gasteiger partial charge in [0.25, 0.3) is 0 Å².